The highest BCUT2D eigenvalue weighted by atomic mass is 16.3. The molecule has 5 heteroatoms. The maximum atomic E-state index is 9.90. The van der Waals surface area contributed by atoms with E-state index >= 15 is 0 Å². The van der Waals surface area contributed by atoms with Gasteiger partial charge in [0.25, 0.3) is 0 Å². The quantitative estimate of drug-likeness (QED) is 0.683. The average molecular weight is 280 g/mol. The van der Waals surface area contributed by atoms with Crippen molar-refractivity contribution in [3.63, 3.8) is 0 Å². The van der Waals surface area contributed by atoms with Crippen LogP contribution in [0.15, 0.2) is 0 Å². The number of hydrogen-bond acceptors (Lipinski definition) is 5. The van der Waals surface area contributed by atoms with E-state index < -0.39 is 0 Å². The van der Waals surface area contributed by atoms with Gasteiger partial charge in [0.15, 0.2) is 0 Å². The first kappa shape index (κ1) is 16.7. The monoisotopic (exact) mass is 280 g/mol. The number of aliphatic hydroxyl groups excluding tert-OH is 1. The van der Waals surface area contributed by atoms with Crippen molar-refractivity contribution in [2.24, 2.45) is 5.92 Å². The zero-order chi connectivity index (χ0) is 15.1. The summed E-state index contributed by atoms with van der Waals surface area (Å²) in [6, 6.07) is 0. The molecule has 0 aliphatic rings. The minimum Gasteiger partial charge on any atom is -0.391 e. The van der Waals surface area contributed by atoms with Gasteiger partial charge in [-0.05, 0) is 26.2 Å². The molecule has 0 aromatic carbocycles. The molecule has 0 saturated carbocycles. The first-order valence-electron chi connectivity index (χ1n) is 7.52. The number of rotatable bonds is 8. The van der Waals surface area contributed by atoms with Crippen LogP contribution in [0, 0.1) is 12.8 Å². The maximum Gasteiger partial charge on any atom is 0.134 e. The van der Waals surface area contributed by atoms with Crippen molar-refractivity contribution >= 4 is 11.6 Å². The Kier molecular flexibility index (Phi) is 6.71. The zero-order valence-corrected chi connectivity index (χ0v) is 13.3. The highest BCUT2D eigenvalue weighted by Crippen LogP contribution is 2.20. The lowest BCUT2D eigenvalue weighted by atomic mass is 10.1. The van der Waals surface area contributed by atoms with E-state index in [-0.39, 0.29) is 12.0 Å². The minimum atomic E-state index is -0.374. The third-order valence-corrected chi connectivity index (χ3v) is 3.26. The summed E-state index contributed by atoms with van der Waals surface area (Å²) in [5, 5.41) is 16.4. The molecule has 1 aromatic rings. The molecule has 5 nitrogen and oxygen atoms in total. The van der Waals surface area contributed by atoms with Crippen LogP contribution >= 0.6 is 0 Å². The second-order valence-electron chi connectivity index (χ2n) is 5.43. The van der Waals surface area contributed by atoms with Gasteiger partial charge in [0.2, 0.25) is 0 Å². The van der Waals surface area contributed by atoms with Crippen molar-refractivity contribution in [1.29, 1.82) is 0 Å². The summed E-state index contributed by atoms with van der Waals surface area (Å²) in [5.41, 5.74) is 1.00. The van der Waals surface area contributed by atoms with E-state index in [0.717, 1.165) is 42.4 Å². The largest absolute Gasteiger partial charge is 0.391 e. The Balaban J connectivity index is 2.91. The predicted molar refractivity (Wildman–Crippen MR) is 84.3 cm³/mol. The van der Waals surface area contributed by atoms with E-state index in [9.17, 15) is 5.11 Å². The molecule has 0 amide bonds. The van der Waals surface area contributed by atoms with Gasteiger partial charge >= 0.3 is 0 Å². The molecule has 114 valence electrons. The van der Waals surface area contributed by atoms with E-state index in [2.05, 4.69) is 34.4 Å². The third-order valence-electron chi connectivity index (χ3n) is 3.26. The van der Waals surface area contributed by atoms with E-state index in [0.29, 0.717) is 6.54 Å². The zero-order valence-electron chi connectivity index (χ0n) is 13.3. The topological polar surface area (TPSA) is 70.1 Å². The molecular weight excluding hydrogens is 252 g/mol. The number of aromatic nitrogens is 2. The standard InChI is InChI=1S/C15H28N4O/c1-6-8-13-18-14(16-7-2)11(5)15(19-13)17-9-12(20)10(3)4/h10,12,20H,6-9H2,1-5H3,(H2,16,17,18,19). The van der Waals surface area contributed by atoms with Crippen LogP contribution in [0.25, 0.3) is 0 Å². The minimum absolute atomic E-state index is 0.230. The van der Waals surface area contributed by atoms with E-state index in [1.165, 1.54) is 0 Å². The van der Waals surface area contributed by atoms with Crippen LogP contribution in [0.3, 0.4) is 0 Å². The maximum absolute atomic E-state index is 9.90. The number of nitrogens with one attached hydrogen (secondary N) is 2. The Morgan fingerprint density at radius 1 is 1.10 bits per heavy atom. The smallest absolute Gasteiger partial charge is 0.134 e. The molecule has 0 saturated heterocycles. The molecule has 3 N–H and O–H groups in total. The Morgan fingerprint density at radius 2 is 1.70 bits per heavy atom. The molecule has 0 bridgehead atoms. The summed E-state index contributed by atoms with van der Waals surface area (Å²) in [5.74, 6) is 2.77. The van der Waals surface area contributed by atoms with Crippen molar-refractivity contribution in [3.05, 3.63) is 11.4 Å². The Labute approximate surface area is 122 Å². The fourth-order valence-electron chi connectivity index (χ4n) is 1.85. The SMILES string of the molecule is CCCc1nc(NCC)c(C)c(NCC(O)C(C)C)n1. The lowest BCUT2D eigenvalue weighted by Crippen LogP contribution is -2.25. The molecule has 1 unspecified atom stereocenters. The van der Waals surface area contributed by atoms with E-state index in [1.807, 2.05) is 20.8 Å². The van der Waals surface area contributed by atoms with Gasteiger partial charge in [-0.2, -0.15) is 0 Å². The van der Waals surface area contributed by atoms with Gasteiger partial charge in [0.05, 0.1) is 6.10 Å². The van der Waals surface area contributed by atoms with Crippen LogP contribution in [-0.4, -0.2) is 34.3 Å². The number of anilines is 2. The van der Waals surface area contributed by atoms with Gasteiger partial charge in [0.1, 0.15) is 17.5 Å². The Hall–Kier alpha value is -1.36. The molecule has 0 spiro atoms. The van der Waals surface area contributed by atoms with Crippen molar-refractivity contribution in [2.45, 2.75) is 53.6 Å². The van der Waals surface area contributed by atoms with Crippen LogP contribution < -0.4 is 10.6 Å². The first-order chi connectivity index (χ1) is 9.49. The molecule has 0 aliphatic heterocycles. The molecule has 1 atom stereocenters. The van der Waals surface area contributed by atoms with Gasteiger partial charge in [-0.3, -0.25) is 0 Å². The molecule has 1 aromatic heterocycles. The third kappa shape index (κ3) is 4.63. The highest BCUT2D eigenvalue weighted by molar-refractivity contribution is 5.57. The number of nitrogens with zero attached hydrogens (tertiary/aromatic N) is 2. The highest BCUT2D eigenvalue weighted by Gasteiger charge is 2.13. The van der Waals surface area contributed by atoms with Crippen LogP contribution in [-0.2, 0) is 6.42 Å². The summed E-state index contributed by atoms with van der Waals surface area (Å²) in [7, 11) is 0. The average Bonchev–Trinajstić information content (AvgIpc) is 2.40. The van der Waals surface area contributed by atoms with Crippen LogP contribution in [0.4, 0.5) is 11.6 Å². The van der Waals surface area contributed by atoms with Crippen molar-refractivity contribution < 1.29 is 5.11 Å². The van der Waals surface area contributed by atoms with Gasteiger partial charge in [-0.15, -0.1) is 0 Å². The van der Waals surface area contributed by atoms with E-state index in [4.69, 9.17) is 0 Å². The summed E-state index contributed by atoms with van der Waals surface area (Å²) in [6.07, 6.45) is 1.50. The van der Waals surface area contributed by atoms with Crippen LogP contribution in [0.2, 0.25) is 0 Å². The molecule has 1 heterocycles. The van der Waals surface area contributed by atoms with Crippen molar-refractivity contribution in [3.8, 4) is 0 Å². The van der Waals surface area contributed by atoms with Crippen LogP contribution in [0.1, 0.15) is 45.5 Å². The second kappa shape index (κ2) is 8.04. The summed E-state index contributed by atoms with van der Waals surface area (Å²) in [6.45, 7) is 11.5. The fraction of sp³-hybridized carbons (Fsp3) is 0.733. The Morgan fingerprint density at radius 3 is 2.20 bits per heavy atom. The number of hydrogen-bond donors (Lipinski definition) is 3. The lowest BCUT2D eigenvalue weighted by Gasteiger charge is -2.18. The Bertz CT molecular complexity index is 421. The fourth-order valence-corrected chi connectivity index (χ4v) is 1.85. The normalized spacial score (nSPS) is 12.6. The van der Waals surface area contributed by atoms with Crippen molar-refractivity contribution in [1.82, 2.24) is 9.97 Å². The van der Waals surface area contributed by atoms with Gasteiger partial charge in [-0.1, -0.05) is 20.8 Å². The number of aryl methyl sites for hydroxylation is 1. The first-order valence-corrected chi connectivity index (χ1v) is 7.52. The molecule has 1 rings (SSSR count). The van der Waals surface area contributed by atoms with Gasteiger partial charge in [0, 0.05) is 25.1 Å². The summed E-state index contributed by atoms with van der Waals surface area (Å²) < 4.78 is 0. The second-order valence-corrected chi connectivity index (χ2v) is 5.43. The van der Waals surface area contributed by atoms with Gasteiger partial charge < -0.3 is 15.7 Å². The van der Waals surface area contributed by atoms with Gasteiger partial charge in [-0.25, -0.2) is 9.97 Å². The predicted octanol–water partition coefficient (Wildman–Crippen LogP) is 2.60. The van der Waals surface area contributed by atoms with Crippen LogP contribution in [0.5, 0.6) is 0 Å². The molecule has 0 radical (unpaired) electrons. The lowest BCUT2D eigenvalue weighted by molar-refractivity contribution is 0.138. The molecule has 0 aliphatic carbocycles. The summed E-state index contributed by atoms with van der Waals surface area (Å²) >= 11 is 0. The van der Waals surface area contributed by atoms with Crippen molar-refractivity contribution in [2.75, 3.05) is 23.7 Å². The van der Waals surface area contributed by atoms with E-state index in [1.54, 1.807) is 0 Å². The molecule has 0 fully saturated rings. The molecular formula is C15H28N4O. The molecule has 20 heavy (non-hydrogen) atoms. The number of aliphatic hydroxyl groups is 1. The summed E-state index contributed by atoms with van der Waals surface area (Å²) in [4.78, 5) is 9.11.